The molecule has 2 atom stereocenters. The van der Waals surface area contributed by atoms with Crippen LogP contribution in [-0.2, 0) is 16.4 Å². The predicted octanol–water partition coefficient (Wildman–Crippen LogP) is -0.0652. The van der Waals surface area contributed by atoms with Crippen molar-refractivity contribution in [3.63, 3.8) is 0 Å². The van der Waals surface area contributed by atoms with Crippen molar-refractivity contribution in [2.75, 3.05) is 33.7 Å². The first-order chi connectivity index (χ1) is 9.84. The largest absolute Gasteiger partial charge is 0.392 e. The average molecular weight is 333 g/mol. The minimum atomic E-state index is -3.54. The van der Waals surface area contributed by atoms with Gasteiger partial charge in [0.05, 0.1) is 6.10 Å². The van der Waals surface area contributed by atoms with Gasteiger partial charge in [0, 0.05) is 24.0 Å². The smallest absolute Gasteiger partial charge is 0.252 e. The van der Waals surface area contributed by atoms with Gasteiger partial charge < -0.3 is 15.7 Å². The van der Waals surface area contributed by atoms with Crippen LogP contribution in [-0.4, -0.2) is 68.6 Å². The third kappa shape index (κ3) is 3.82. The standard InChI is InChI=1S/C13H23N3O3S2/c1-15(2)8-10-7-11(17)9-16(10)21(18,19)13-4-3-12(20-13)5-6-14/h3-4,10-11,17H,5-9,14H2,1-2H3. The molecule has 0 bridgehead atoms. The minimum absolute atomic E-state index is 0.172. The van der Waals surface area contributed by atoms with Gasteiger partial charge in [0.1, 0.15) is 4.21 Å². The first-order valence-electron chi connectivity index (χ1n) is 6.98. The van der Waals surface area contributed by atoms with Gasteiger partial charge in [0.2, 0.25) is 0 Å². The molecule has 1 aliphatic rings. The fraction of sp³-hybridized carbons (Fsp3) is 0.692. The summed E-state index contributed by atoms with van der Waals surface area (Å²) in [6.07, 6.45) is 0.579. The third-order valence-electron chi connectivity index (χ3n) is 3.51. The van der Waals surface area contributed by atoms with Gasteiger partial charge >= 0.3 is 0 Å². The van der Waals surface area contributed by atoms with Crippen molar-refractivity contribution < 1.29 is 13.5 Å². The van der Waals surface area contributed by atoms with Gasteiger partial charge in [-0.2, -0.15) is 4.31 Å². The van der Waals surface area contributed by atoms with Gasteiger partial charge in [-0.25, -0.2) is 8.42 Å². The maximum atomic E-state index is 12.8. The minimum Gasteiger partial charge on any atom is -0.392 e. The van der Waals surface area contributed by atoms with E-state index >= 15 is 0 Å². The Kier molecular flexibility index (Phi) is 5.39. The zero-order valence-electron chi connectivity index (χ0n) is 12.4. The number of likely N-dealkylation sites (N-methyl/N-ethyl adjacent to an activating group) is 1. The van der Waals surface area contributed by atoms with Gasteiger partial charge in [-0.3, -0.25) is 0 Å². The summed E-state index contributed by atoms with van der Waals surface area (Å²) < 4.78 is 27.3. The number of hydrogen-bond acceptors (Lipinski definition) is 6. The maximum absolute atomic E-state index is 12.8. The highest BCUT2D eigenvalue weighted by Gasteiger charge is 2.40. The van der Waals surface area contributed by atoms with Gasteiger partial charge in [0.25, 0.3) is 10.0 Å². The van der Waals surface area contributed by atoms with Crippen LogP contribution < -0.4 is 5.73 Å². The molecule has 6 nitrogen and oxygen atoms in total. The summed E-state index contributed by atoms with van der Waals surface area (Å²) in [5.74, 6) is 0. The van der Waals surface area contributed by atoms with E-state index in [1.807, 2.05) is 25.1 Å². The zero-order valence-corrected chi connectivity index (χ0v) is 14.0. The Morgan fingerprint density at radius 3 is 2.81 bits per heavy atom. The fourth-order valence-electron chi connectivity index (χ4n) is 2.63. The molecule has 1 saturated heterocycles. The molecule has 2 rings (SSSR count). The number of thiophene rings is 1. The molecule has 0 spiro atoms. The predicted molar refractivity (Wildman–Crippen MR) is 83.9 cm³/mol. The van der Waals surface area contributed by atoms with Crippen LogP contribution >= 0.6 is 11.3 Å². The van der Waals surface area contributed by atoms with Crippen molar-refractivity contribution in [3.05, 3.63) is 17.0 Å². The van der Waals surface area contributed by atoms with E-state index < -0.39 is 16.1 Å². The Balaban J connectivity index is 2.23. The molecular formula is C13H23N3O3S2. The molecule has 1 aliphatic heterocycles. The van der Waals surface area contributed by atoms with E-state index in [0.717, 1.165) is 4.88 Å². The van der Waals surface area contributed by atoms with E-state index in [1.54, 1.807) is 6.07 Å². The van der Waals surface area contributed by atoms with E-state index in [9.17, 15) is 13.5 Å². The maximum Gasteiger partial charge on any atom is 0.252 e. The molecule has 2 unspecified atom stereocenters. The molecular weight excluding hydrogens is 310 g/mol. The lowest BCUT2D eigenvalue weighted by Crippen LogP contribution is -2.41. The number of aliphatic hydroxyl groups is 1. The highest BCUT2D eigenvalue weighted by atomic mass is 32.2. The van der Waals surface area contributed by atoms with Crippen molar-refractivity contribution in [2.24, 2.45) is 5.73 Å². The number of β-amino-alcohol motifs (C(OH)–C–C–N with tert-alkyl or cyclic N) is 1. The van der Waals surface area contributed by atoms with Crippen LogP contribution in [0.1, 0.15) is 11.3 Å². The van der Waals surface area contributed by atoms with Crippen molar-refractivity contribution >= 4 is 21.4 Å². The van der Waals surface area contributed by atoms with Crippen LogP contribution in [0.5, 0.6) is 0 Å². The van der Waals surface area contributed by atoms with Crippen LogP contribution in [0.4, 0.5) is 0 Å². The summed E-state index contributed by atoms with van der Waals surface area (Å²) in [5, 5.41) is 9.84. The second kappa shape index (κ2) is 6.72. The Bertz CT molecular complexity index is 571. The molecule has 1 fully saturated rings. The summed E-state index contributed by atoms with van der Waals surface area (Å²) in [5.41, 5.74) is 5.50. The molecule has 0 saturated carbocycles. The molecule has 1 aromatic heterocycles. The first kappa shape index (κ1) is 16.9. The van der Waals surface area contributed by atoms with E-state index in [4.69, 9.17) is 5.73 Å². The summed E-state index contributed by atoms with van der Waals surface area (Å²) >= 11 is 1.27. The zero-order chi connectivity index (χ0) is 15.6. The molecule has 120 valence electrons. The molecule has 0 amide bonds. The molecule has 2 heterocycles. The second-order valence-corrected chi connectivity index (χ2v) is 8.93. The van der Waals surface area contributed by atoms with Crippen LogP contribution in [0.2, 0.25) is 0 Å². The lowest BCUT2D eigenvalue weighted by Gasteiger charge is -2.25. The van der Waals surface area contributed by atoms with Crippen LogP contribution in [0, 0.1) is 0 Å². The number of hydrogen-bond donors (Lipinski definition) is 2. The summed E-state index contributed by atoms with van der Waals surface area (Å²) in [7, 11) is 0.266. The number of nitrogens with two attached hydrogens (primary N) is 1. The fourth-order valence-corrected chi connectivity index (χ4v) is 5.80. The van der Waals surface area contributed by atoms with Gasteiger partial charge in [-0.05, 0) is 45.6 Å². The highest BCUT2D eigenvalue weighted by molar-refractivity contribution is 7.91. The Morgan fingerprint density at radius 1 is 1.48 bits per heavy atom. The topological polar surface area (TPSA) is 86.9 Å². The Hall–Kier alpha value is -0.510. The number of nitrogens with zero attached hydrogens (tertiary/aromatic N) is 2. The Morgan fingerprint density at radius 2 is 2.19 bits per heavy atom. The normalized spacial score (nSPS) is 24.0. The molecule has 8 heteroatoms. The quantitative estimate of drug-likeness (QED) is 0.761. The Labute approximate surface area is 130 Å². The average Bonchev–Trinajstić information content (AvgIpc) is 2.97. The van der Waals surface area contributed by atoms with Crippen LogP contribution in [0.25, 0.3) is 0 Å². The van der Waals surface area contributed by atoms with Crippen molar-refractivity contribution in [1.29, 1.82) is 0 Å². The van der Waals surface area contributed by atoms with Gasteiger partial charge in [0.15, 0.2) is 0 Å². The van der Waals surface area contributed by atoms with E-state index in [2.05, 4.69) is 0 Å². The van der Waals surface area contributed by atoms with Crippen molar-refractivity contribution in [3.8, 4) is 0 Å². The van der Waals surface area contributed by atoms with Crippen molar-refractivity contribution in [1.82, 2.24) is 9.21 Å². The van der Waals surface area contributed by atoms with E-state index in [-0.39, 0.29) is 12.6 Å². The highest BCUT2D eigenvalue weighted by Crippen LogP contribution is 2.30. The van der Waals surface area contributed by atoms with Gasteiger partial charge in [-0.15, -0.1) is 11.3 Å². The lowest BCUT2D eigenvalue weighted by molar-refractivity contribution is 0.188. The second-order valence-electron chi connectivity index (χ2n) is 5.64. The van der Waals surface area contributed by atoms with E-state index in [0.29, 0.717) is 30.1 Å². The number of aliphatic hydroxyl groups excluding tert-OH is 1. The van der Waals surface area contributed by atoms with Crippen molar-refractivity contribution in [2.45, 2.75) is 29.2 Å². The summed E-state index contributed by atoms with van der Waals surface area (Å²) in [6.45, 7) is 1.29. The molecule has 0 aliphatic carbocycles. The molecule has 0 aromatic carbocycles. The van der Waals surface area contributed by atoms with Gasteiger partial charge in [-0.1, -0.05) is 0 Å². The molecule has 1 aromatic rings. The van der Waals surface area contributed by atoms with E-state index in [1.165, 1.54) is 15.6 Å². The summed E-state index contributed by atoms with van der Waals surface area (Å²) in [6, 6.07) is 3.28. The molecule has 0 radical (unpaired) electrons. The monoisotopic (exact) mass is 333 g/mol. The number of rotatable bonds is 6. The summed E-state index contributed by atoms with van der Waals surface area (Å²) in [4.78, 5) is 2.92. The number of sulfonamides is 1. The van der Waals surface area contributed by atoms with Crippen LogP contribution in [0.3, 0.4) is 0 Å². The SMILES string of the molecule is CN(C)CC1CC(O)CN1S(=O)(=O)c1ccc(CCN)s1. The molecule has 21 heavy (non-hydrogen) atoms. The first-order valence-corrected chi connectivity index (χ1v) is 9.23. The third-order valence-corrected chi connectivity index (χ3v) is 7.04. The van der Waals surface area contributed by atoms with Crippen LogP contribution in [0.15, 0.2) is 16.3 Å². The molecule has 3 N–H and O–H groups in total. The lowest BCUT2D eigenvalue weighted by atomic mass is 10.2.